The van der Waals surface area contributed by atoms with Crippen molar-refractivity contribution in [1.29, 1.82) is 0 Å². The van der Waals surface area contributed by atoms with Gasteiger partial charge in [-0.15, -0.1) is 0 Å². The summed E-state index contributed by atoms with van der Waals surface area (Å²) in [4.78, 5) is 10.3. The van der Waals surface area contributed by atoms with Crippen molar-refractivity contribution in [2.75, 3.05) is 37.0 Å². The largest absolute Gasteiger partial charge is 0.395 e. The van der Waals surface area contributed by atoms with E-state index in [2.05, 4.69) is 29.1 Å². The highest BCUT2D eigenvalue weighted by atomic mass is 16.3. The number of nitrogens with one attached hydrogen (secondary N) is 1. The minimum atomic E-state index is 0.123. The summed E-state index contributed by atoms with van der Waals surface area (Å²) in [6, 6.07) is 1.91. The van der Waals surface area contributed by atoms with E-state index in [-0.39, 0.29) is 6.61 Å². The first-order chi connectivity index (χ1) is 8.63. The summed E-state index contributed by atoms with van der Waals surface area (Å²) in [6.45, 7) is 6.08. The van der Waals surface area contributed by atoms with Crippen molar-refractivity contribution in [1.82, 2.24) is 9.97 Å². The number of aliphatic hydroxyl groups is 1. The van der Waals surface area contributed by atoms with E-state index >= 15 is 0 Å². The molecule has 1 aromatic rings. The van der Waals surface area contributed by atoms with Crippen LogP contribution in [0.15, 0.2) is 12.4 Å². The SMILES string of the molecule is CC(C)CCCNc1cc(N(C)CCO)ncn1. The van der Waals surface area contributed by atoms with Crippen molar-refractivity contribution >= 4 is 11.6 Å². The van der Waals surface area contributed by atoms with Crippen LogP contribution in [0.2, 0.25) is 0 Å². The average Bonchev–Trinajstić information content (AvgIpc) is 2.35. The Morgan fingerprint density at radius 3 is 2.83 bits per heavy atom. The monoisotopic (exact) mass is 252 g/mol. The number of likely N-dealkylation sites (N-methyl/N-ethyl adjacent to an activating group) is 1. The molecule has 0 fully saturated rings. The number of aromatic nitrogens is 2. The summed E-state index contributed by atoms with van der Waals surface area (Å²) in [5.41, 5.74) is 0. The predicted molar refractivity (Wildman–Crippen MR) is 74.9 cm³/mol. The summed E-state index contributed by atoms with van der Waals surface area (Å²) in [6.07, 6.45) is 3.91. The van der Waals surface area contributed by atoms with Gasteiger partial charge in [-0.05, 0) is 18.8 Å². The fourth-order valence-corrected chi connectivity index (χ4v) is 1.64. The fraction of sp³-hybridized carbons (Fsp3) is 0.692. The lowest BCUT2D eigenvalue weighted by molar-refractivity contribution is 0.304. The molecule has 1 aromatic heterocycles. The molecule has 5 heteroatoms. The van der Waals surface area contributed by atoms with Crippen LogP contribution < -0.4 is 10.2 Å². The highest BCUT2D eigenvalue weighted by Gasteiger charge is 2.03. The van der Waals surface area contributed by atoms with Crippen LogP contribution in [0.1, 0.15) is 26.7 Å². The van der Waals surface area contributed by atoms with Gasteiger partial charge in [0.25, 0.3) is 0 Å². The quantitative estimate of drug-likeness (QED) is 0.690. The zero-order valence-corrected chi connectivity index (χ0v) is 11.6. The van der Waals surface area contributed by atoms with Crippen LogP contribution in [-0.2, 0) is 0 Å². The molecule has 0 saturated heterocycles. The highest BCUT2D eigenvalue weighted by Crippen LogP contribution is 2.12. The van der Waals surface area contributed by atoms with Crippen molar-refractivity contribution in [2.24, 2.45) is 5.92 Å². The first-order valence-corrected chi connectivity index (χ1v) is 6.51. The van der Waals surface area contributed by atoms with Crippen LogP contribution in [0.5, 0.6) is 0 Å². The standard InChI is InChI=1S/C13H24N4O/c1-11(2)5-4-6-14-12-9-13(16-10-15-12)17(3)7-8-18/h9-11,18H,4-8H2,1-3H3,(H,14,15,16). The summed E-state index contributed by atoms with van der Waals surface area (Å²) in [5, 5.41) is 12.2. The van der Waals surface area contributed by atoms with E-state index in [0.29, 0.717) is 6.54 Å². The Hall–Kier alpha value is -1.36. The number of anilines is 2. The second kappa shape index (κ2) is 7.87. The Morgan fingerprint density at radius 2 is 2.17 bits per heavy atom. The minimum Gasteiger partial charge on any atom is -0.395 e. The first-order valence-electron chi connectivity index (χ1n) is 6.51. The molecule has 0 aliphatic rings. The third-order valence-corrected chi connectivity index (χ3v) is 2.74. The molecular formula is C13H24N4O. The second-order valence-corrected chi connectivity index (χ2v) is 4.87. The lowest BCUT2D eigenvalue weighted by atomic mass is 10.1. The maximum atomic E-state index is 8.89. The van der Waals surface area contributed by atoms with Crippen LogP contribution in [0.3, 0.4) is 0 Å². The maximum Gasteiger partial charge on any atom is 0.133 e. The molecule has 0 aliphatic heterocycles. The lowest BCUT2D eigenvalue weighted by Crippen LogP contribution is -2.22. The number of hydrogen-bond donors (Lipinski definition) is 2. The maximum absolute atomic E-state index is 8.89. The van der Waals surface area contributed by atoms with Gasteiger partial charge in [0, 0.05) is 26.2 Å². The van der Waals surface area contributed by atoms with Crippen LogP contribution in [0.25, 0.3) is 0 Å². The Bertz CT molecular complexity index is 344. The first kappa shape index (κ1) is 14.7. The number of aliphatic hydroxyl groups excluding tert-OH is 1. The van der Waals surface area contributed by atoms with Crippen LogP contribution >= 0.6 is 0 Å². The minimum absolute atomic E-state index is 0.123. The molecular weight excluding hydrogens is 228 g/mol. The smallest absolute Gasteiger partial charge is 0.133 e. The molecule has 18 heavy (non-hydrogen) atoms. The molecule has 0 amide bonds. The van der Waals surface area contributed by atoms with Gasteiger partial charge in [0.1, 0.15) is 18.0 Å². The third kappa shape index (κ3) is 5.31. The Labute approximate surface area is 109 Å². The van der Waals surface area contributed by atoms with Gasteiger partial charge < -0.3 is 15.3 Å². The fourth-order valence-electron chi connectivity index (χ4n) is 1.64. The molecule has 0 bridgehead atoms. The zero-order valence-electron chi connectivity index (χ0n) is 11.6. The second-order valence-electron chi connectivity index (χ2n) is 4.87. The van der Waals surface area contributed by atoms with Crippen molar-refractivity contribution in [2.45, 2.75) is 26.7 Å². The molecule has 0 aromatic carbocycles. The van der Waals surface area contributed by atoms with Crippen molar-refractivity contribution < 1.29 is 5.11 Å². The zero-order chi connectivity index (χ0) is 13.4. The van der Waals surface area contributed by atoms with Gasteiger partial charge in [-0.25, -0.2) is 9.97 Å². The molecule has 0 atom stereocenters. The van der Waals surface area contributed by atoms with Gasteiger partial charge in [0.05, 0.1) is 6.61 Å². The normalized spacial score (nSPS) is 10.7. The van der Waals surface area contributed by atoms with Crippen molar-refractivity contribution in [3.05, 3.63) is 12.4 Å². The summed E-state index contributed by atoms with van der Waals surface area (Å²) in [5.74, 6) is 2.41. The topological polar surface area (TPSA) is 61.3 Å². The average molecular weight is 252 g/mol. The molecule has 102 valence electrons. The van der Waals surface area contributed by atoms with Crippen molar-refractivity contribution in [3.63, 3.8) is 0 Å². The Balaban J connectivity index is 2.44. The van der Waals surface area contributed by atoms with E-state index in [1.165, 1.54) is 6.42 Å². The molecule has 0 aliphatic carbocycles. The predicted octanol–water partition coefficient (Wildman–Crippen LogP) is 1.75. The van der Waals surface area contributed by atoms with E-state index in [0.717, 1.165) is 30.5 Å². The Morgan fingerprint density at radius 1 is 1.39 bits per heavy atom. The molecule has 0 spiro atoms. The van der Waals surface area contributed by atoms with E-state index in [9.17, 15) is 0 Å². The molecule has 2 N–H and O–H groups in total. The molecule has 5 nitrogen and oxygen atoms in total. The number of nitrogens with zero attached hydrogens (tertiary/aromatic N) is 3. The van der Waals surface area contributed by atoms with Gasteiger partial charge in [0.2, 0.25) is 0 Å². The summed E-state index contributed by atoms with van der Waals surface area (Å²) >= 11 is 0. The van der Waals surface area contributed by atoms with E-state index in [4.69, 9.17) is 5.11 Å². The van der Waals surface area contributed by atoms with Crippen LogP contribution in [0, 0.1) is 5.92 Å². The van der Waals surface area contributed by atoms with Crippen molar-refractivity contribution in [3.8, 4) is 0 Å². The third-order valence-electron chi connectivity index (χ3n) is 2.74. The molecule has 1 heterocycles. The molecule has 0 radical (unpaired) electrons. The van der Waals surface area contributed by atoms with Gasteiger partial charge in [-0.3, -0.25) is 0 Å². The summed E-state index contributed by atoms with van der Waals surface area (Å²) in [7, 11) is 1.90. The highest BCUT2D eigenvalue weighted by molar-refractivity contribution is 5.47. The van der Waals surface area contributed by atoms with E-state index < -0.39 is 0 Å². The van der Waals surface area contributed by atoms with Crippen LogP contribution in [-0.4, -0.2) is 41.8 Å². The van der Waals surface area contributed by atoms with Crippen LogP contribution in [0.4, 0.5) is 11.6 Å². The molecule has 0 saturated carbocycles. The molecule has 0 unspecified atom stereocenters. The number of hydrogen-bond acceptors (Lipinski definition) is 5. The van der Waals surface area contributed by atoms with E-state index in [1.807, 2.05) is 18.0 Å². The lowest BCUT2D eigenvalue weighted by Gasteiger charge is -2.17. The van der Waals surface area contributed by atoms with Gasteiger partial charge >= 0.3 is 0 Å². The molecule has 1 rings (SSSR count). The summed E-state index contributed by atoms with van der Waals surface area (Å²) < 4.78 is 0. The van der Waals surface area contributed by atoms with Gasteiger partial charge in [-0.2, -0.15) is 0 Å². The Kier molecular flexibility index (Phi) is 6.43. The van der Waals surface area contributed by atoms with E-state index in [1.54, 1.807) is 6.33 Å². The number of rotatable bonds is 8. The van der Waals surface area contributed by atoms with Gasteiger partial charge in [0.15, 0.2) is 0 Å². The van der Waals surface area contributed by atoms with Gasteiger partial charge in [-0.1, -0.05) is 13.8 Å².